The van der Waals surface area contributed by atoms with Gasteiger partial charge in [0.25, 0.3) is 0 Å². The molecule has 0 spiro atoms. The number of ketones is 1. The lowest BCUT2D eigenvalue weighted by atomic mass is 9.68. The highest BCUT2D eigenvalue weighted by Gasteiger charge is 2.60. The van der Waals surface area contributed by atoms with Gasteiger partial charge in [-0.3, -0.25) is 4.79 Å². The SMILES string of the molecule is CC1=CC(OC(=O)C=Cc2ccc(O)cc2)C2C(C)(CCC2(O)C(C)C)CC1=O. The van der Waals surface area contributed by atoms with E-state index in [9.17, 15) is 19.8 Å². The highest BCUT2D eigenvalue weighted by atomic mass is 16.5. The van der Waals surface area contributed by atoms with Crippen LogP contribution in [0.4, 0.5) is 0 Å². The Morgan fingerprint density at radius 2 is 1.90 bits per heavy atom. The molecule has 0 heterocycles. The molecule has 0 aromatic heterocycles. The number of benzene rings is 1. The Kier molecular flexibility index (Phi) is 5.72. The number of esters is 1. The Hall–Kier alpha value is -2.40. The van der Waals surface area contributed by atoms with Gasteiger partial charge in [-0.15, -0.1) is 0 Å². The summed E-state index contributed by atoms with van der Waals surface area (Å²) >= 11 is 0. The Morgan fingerprint density at radius 1 is 1.24 bits per heavy atom. The van der Waals surface area contributed by atoms with Crippen LogP contribution in [0.1, 0.15) is 52.5 Å². The molecule has 4 atom stereocenters. The number of hydrogen-bond donors (Lipinski definition) is 2. The molecular formula is C24H30O5. The summed E-state index contributed by atoms with van der Waals surface area (Å²) in [5, 5.41) is 20.8. The quantitative estimate of drug-likeness (QED) is 0.591. The molecular weight excluding hydrogens is 368 g/mol. The van der Waals surface area contributed by atoms with E-state index in [-0.39, 0.29) is 23.4 Å². The molecule has 5 nitrogen and oxygen atoms in total. The zero-order valence-corrected chi connectivity index (χ0v) is 17.5. The van der Waals surface area contributed by atoms with Crippen molar-refractivity contribution in [2.75, 3.05) is 0 Å². The summed E-state index contributed by atoms with van der Waals surface area (Å²) in [5.74, 6) is -0.695. The van der Waals surface area contributed by atoms with Gasteiger partial charge in [0.2, 0.25) is 0 Å². The highest BCUT2D eigenvalue weighted by molar-refractivity contribution is 5.96. The topological polar surface area (TPSA) is 83.8 Å². The molecule has 2 aliphatic rings. The minimum atomic E-state index is -0.998. The van der Waals surface area contributed by atoms with Crippen molar-refractivity contribution in [3.8, 4) is 5.75 Å². The maximum Gasteiger partial charge on any atom is 0.331 e. The minimum Gasteiger partial charge on any atom is -0.508 e. The standard InChI is InChI=1S/C24H30O5/c1-15(2)24(28)12-11-23(4)14-19(26)16(3)13-20(22(23)24)29-21(27)10-7-17-5-8-18(25)9-6-17/h5-10,13,15,20,22,25,28H,11-12,14H2,1-4H3. The van der Waals surface area contributed by atoms with Crippen LogP contribution in [0.5, 0.6) is 5.75 Å². The number of phenols is 1. The van der Waals surface area contributed by atoms with E-state index in [0.717, 1.165) is 12.0 Å². The molecule has 0 amide bonds. The van der Waals surface area contributed by atoms with E-state index in [1.54, 1.807) is 43.3 Å². The summed E-state index contributed by atoms with van der Waals surface area (Å²) in [6.45, 7) is 7.71. The lowest BCUT2D eigenvalue weighted by molar-refractivity contribution is -0.155. The van der Waals surface area contributed by atoms with Gasteiger partial charge in [0.1, 0.15) is 11.9 Å². The van der Waals surface area contributed by atoms with E-state index in [1.807, 2.05) is 20.8 Å². The number of allylic oxidation sites excluding steroid dienone is 1. The molecule has 1 aromatic rings. The van der Waals surface area contributed by atoms with Crippen LogP contribution < -0.4 is 0 Å². The predicted octanol–water partition coefficient (Wildman–Crippen LogP) is 4.04. The van der Waals surface area contributed by atoms with Crippen molar-refractivity contribution in [2.24, 2.45) is 17.3 Å². The second-order valence-corrected chi connectivity index (χ2v) is 9.05. The van der Waals surface area contributed by atoms with Gasteiger partial charge in [-0.2, -0.15) is 0 Å². The monoisotopic (exact) mass is 398 g/mol. The highest BCUT2D eigenvalue weighted by Crippen LogP contribution is 2.57. The van der Waals surface area contributed by atoms with E-state index >= 15 is 0 Å². The molecule has 1 saturated carbocycles. The minimum absolute atomic E-state index is 0.0232. The third kappa shape index (κ3) is 4.15. The average Bonchev–Trinajstić information content (AvgIpc) is 2.87. The van der Waals surface area contributed by atoms with E-state index in [0.29, 0.717) is 18.4 Å². The van der Waals surface area contributed by atoms with Crippen molar-refractivity contribution >= 4 is 17.8 Å². The number of hydrogen-bond acceptors (Lipinski definition) is 5. The Balaban J connectivity index is 1.88. The number of fused-ring (bicyclic) bond motifs is 1. The normalized spacial score (nSPS) is 32.2. The number of aromatic hydroxyl groups is 1. The van der Waals surface area contributed by atoms with Crippen LogP contribution in [0.15, 0.2) is 42.0 Å². The maximum absolute atomic E-state index is 12.6. The third-order valence-corrected chi connectivity index (χ3v) is 6.69. The van der Waals surface area contributed by atoms with Gasteiger partial charge in [0, 0.05) is 18.4 Å². The Bertz CT molecular complexity index is 851. The van der Waals surface area contributed by atoms with Crippen molar-refractivity contribution in [1.29, 1.82) is 0 Å². The summed E-state index contributed by atoms with van der Waals surface area (Å²) in [7, 11) is 0. The number of phenolic OH excluding ortho intramolecular Hbond substituents is 1. The van der Waals surface area contributed by atoms with Crippen LogP contribution in [0.25, 0.3) is 6.08 Å². The molecule has 156 valence electrons. The Labute approximate surface area is 172 Å². The number of aliphatic hydroxyl groups is 1. The first-order chi connectivity index (χ1) is 13.5. The average molecular weight is 398 g/mol. The first-order valence-electron chi connectivity index (χ1n) is 10.2. The van der Waals surface area contributed by atoms with Gasteiger partial charge in [-0.25, -0.2) is 4.79 Å². The number of Topliss-reactive ketones (excluding diaryl/α,β-unsaturated/α-hetero) is 1. The van der Waals surface area contributed by atoms with Gasteiger partial charge >= 0.3 is 5.97 Å². The van der Waals surface area contributed by atoms with Crippen molar-refractivity contribution < 1.29 is 24.5 Å². The first kappa shape index (κ1) is 21.3. The molecule has 2 aliphatic carbocycles. The van der Waals surface area contributed by atoms with Gasteiger partial charge in [-0.1, -0.05) is 32.9 Å². The van der Waals surface area contributed by atoms with E-state index in [2.05, 4.69) is 0 Å². The summed E-state index contributed by atoms with van der Waals surface area (Å²) in [6, 6.07) is 6.47. The van der Waals surface area contributed by atoms with Crippen molar-refractivity contribution in [1.82, 2.24) is 0 Å². The first-order valence-corrected chi connectivity index (χ1v) is 10.2. The van der Waals surface area contributed by atoms with Crippen LogP contribution in [0.3, 0.4) is 0 Å². The largest absolute Gasteiger partial charge is 0.508 e. The zero-order valence-electron chi connectivity index (χ0n) is 17.5. The third-order valence-electron chi connectivity index (χ3n) is 6.69. The molecule has 5 heteroatoms. The number of carbonyl (C=O) groups excluding carboxylic acids is 2. The second-order valence-electron chi connectivity index (χ2n) is 9.05. The maximum atomic E-state index is 12.6. The molecule has 1 aromatic carbocycles. The molecule has 0 aliphatic heterocycles. The molecule has 1 fully saturated rings. The summed E-state index contributed by atoms with van der Waals surface area (Å²) in [5.41, 5.74) is -0.0865. The molecule has 0 bridgehead atoms. The molecule has 0 radical (unpaired) electrons. The zero-order chi connectivity index (χ0) is 21.4. The molecule has 0 saturated heterocycles. The second kappa shape index (κ2) is 7.79. The number of rotatable bonds is 4. The van der Waals surface area contributed by atoms with Gasteiger partial charge in [0.05, 0.1) is 5.60 Å². The van der Waals surface area contributed by atoms with Crippen LogP contribution in [0.2, 0.25) is 0 Å². The van der Waals surface area contributed by atoms with Crippen molar-refractivity contribution in [3.63, 3.8) is 0 Å². The fourth-order valence-corrected chi connectivity index (χ4v) is 4.89. The van der Waals surface area contributed by atoms with E-state index in [1.165, 1.54) is 6.08 Å². The predicted molar refractivity (Wildman–Crippen MR) is 111 cm³/mol. The van der Waals surface area contributed by atoms with Crippen molar-refractivity contribution in [3.05, 3.63) is 47.6 Å². The van der Waals surface area contributed by atoms with Crippen LogP contribution >= 0.6 is 0 Å². The van der Waals surface area contributed by atoms with E-state index < -0.39 is 23.1 Å². The van der Waals surface area contributed by atoms with Crippen LogP contribution in [0, 0.1) is 17.3 Å². The summed E-state index contributed by atoms with van der Waals surface area (Å²) < 4.78 is 5.80. The lowest BCUT2D eigenvalue weighted by Gasteiger charge is -2.42. The molecule has 2 N–H and O–H groups in total. The van der Waals surface area contributed by atoms with Crippen LogP contribution in [-0.4, -0.2) is 33.7 Å². The fourth-order valence-electron chi connectivity index (χ4n) is 4.89. The van der Waals surface area contributed by atoms with Gasteiger partial charge in [-0.05, 0) is 66.5 Å². The van der Waals surface area contributed by atoms with Gasteiger partial charge < -0.3 is 14.9 Å². The van der Waals surface area contributed by atoms with Crippen molar-refractivity contribution in [2.45, 2.75) is 58.7 Å². The molecule has 29 heavy (non-hydrogen) atoms. The molecule has 3 rings (SSSR count). The Morgan fingerprint density at radius 3 is 2.52 bits per heavy atom. The number of carbonyl (C=O) groups is 2. The smallest absolute Gasteiger partial charge is 0.331 e. The van der Waals surface area contributed by atoms with Crippen LogP contribution in [-0.2, 0) is 14.3 Å². The van der Waals surface area contributed by atoms with E-state index in [4.69, 9.17) is 4.74 Å². The summed E-state index contributed by atoms with van der Waals surface area (Å²) in [4.78, 5) is 25.2. The lowest BCUT2D eigenvalue weighted by Crippen LogP contribution is -2.49. The summed E-state index contributed by atoms with van der Waals surface area (Å²) in [6.07, 6.45) is 5.65. The fraction of sp³-hybridized carbons (Fsp3) is 0.500. The van der Waals surface area contributed by atoms with Gasteiger partial charge in [0.15, 0.2) is 5.78 Å². The number of ether oxygens (including phenoxy) is 1. The molecule has 4 unspecified atom stereocenters.